The van der Waals surface area contributed by atoms with Gasteiger partial charge in [0.2, 0.25) is 0 Å². The molecule has 1 aliphatic rings. The minimum atomic E-state index is -5.07. The molecule has 0 saturated heterocycles. The van der Waals surface area contributed by atoms with Gasteiger partial charge in [-0.1, -0.05) is 0 Å². The Kier molecular flexibility index (Phi) is 2.68. The molecule has 14 heavy (non-hydrogen) atoms. The highest BCUT2D eigenvalue weighted by Crippen LogP contribution is 2.28. The first kappa shape index (κ1) is 10.8. The van der Waals surface area contributed by atoms with Crippen LogP contribution in [0.25, 0.3) is 0 Å². The summed E-state index contributed by atoms with van der Waals surface area (Å²) in [5, 5.41) is 0.482. The molecule has 0 radical (unpaired) electrons. The van der Waals surface area contributed by atoms with Gasteiger partial charge in [0.05, 0.1) is 6.04 Å². The molecule has 0 bridgehead atoms. The van der Waals surface area contributed by atoms with E-state index >= 15 is 0 Å². The summed E-state index contributed by atoms with van der Waals surface area (Å²) < 4.78 is 35.2. The topological polar surface area (TPSA) is 46.6 Å². The Labute approximate surface area is 77.6 Å². The summed E-state index contributed by atoms with van der Waals surface area (Å²) >= 11 is 0. The molecule has 1 fully saturated rings. The minimum absolute atomic E-state index is 0.390. The Morgan fingerprint density at radius 3 is 2.14 bits per heavy atom. The molecule has 0 heterocycles. The third-order valence-corrected chi connectivity index (χ3v) is 1.60. The first-order chi connectivity index (χ1) is 6.32. The number of hydrogen-bond donors (Lipinski definition) is 0. The van der Waals surface area contributed by atoms with Crippen molar-refractivity contribution in [2.24, 2.45) is 0 Å². The number of halogens is 3. The van der Waals surface area contributed by atoms with Crippen LogP contribution in [0.2, 0.25) is 0 Å². The Hall–Kier alpha value is -1.27. The van der Waals surface area contributed by atoms with E-state index in [9.17, 15) is 22.8 Å². The maximum absolute atomic E-state index is 11.7. The highest BCUT2D eigenvalue weighted by atomic mass is 19.4. The van der Waals surface area contributed by atoms with E-state index in [1.54, 1.807) is 0 Å². The van der Waals surface area contributed by atoms with Crippen molar-refractivity contribution in [2.45, 2.75) is 32.0 Å². The van der Waals surface area contributed by atoms with Gasteiger partial charge in [-0.05, 0) is 12.8 Å². The molecule has 0 N–H and O–H groups in total. The van der Waals surface area contributed by atoms with E-state index in [4.69, 9.17) is 0 Å². The average molecular weight is 211 g/mol. The molecule has 1 saturated carbocycles. The van der Waals surface area contributed by atoms with E-state index in [0.29, 0.717) is 17.9 Å². The Morgan fingerprint density at radius 1 is 1.36 bits per heavy atom. The lowest BCUT2D eigenvalue weighted by Gasteiger charge is -2.19. The predicted molar refractivity (Wildman–Crippen MR) is 37.7 cm³/mol. The maximum Gasteiger partial charge on any atom is 0.493 e. The molecule has 0 aromatic heterocycles. The molecular weight excluding hydrogens is 203 g/mol. The van der Waals surface area contributed by atoms with Gasteiger partial charge in [0.25, 0.3) is 5.91 Å². The van der Waals surface area contributed by atoms with Gasteiger partial charge in [-0.15, -0.1) is 0 Å². The number of amides is 1. The summed E-state index contributed by atoms with van der Waals surface area (Å²) in [6.45, 7) is 1.04. The van der Waals surface area contributed by atoms with Crippen molar-refractivity contribution in [2.75, 3.05) is 0 Å². The van der Waals surface area contributed by atoms with Crippen LogP contribution in [0.15, 0.2) is 0 Å². The smallest absolute Gasteiger partial charge is 0.329 e. The first-order valence-electron chi connectivity index (χ1n) is 3.91. The lowest BCUT2D eigenvalue weighted by atomic mass is 10.6. The molecule has 7 heteroatoms. The molecule has 80 valence electrons. The molecular formula is C7H8F3NO3. The van der Waals surface area contributed by atoms with Crippen LogP contribution in [0.3, 0.4) is 0 Å². The number of hydrogen-bond acceptors (Lipinski definition) is 3. The molecule has 4 nitrogen and oxygen atoms in total. The van der Waals surface area contributed by atoms with Crippen LogP contribution >= 0.6 is 0 Å². The van der Waals surface area contributed by atoms with Crippen LogP contribution in [0, 0.1) is 0 Å². The summed E-state index contributed by atoms with van der Waals surface area (Å²) in [4.78, 5) is 25.1. The monoisotopic (exact) mass is 211 g/mol. The van der Waals surface area contributed by atoms with E-state index in [-0.39, 0.29) is 0 Å². The van der Waals surface area contributed by atoms with Crippen LogP contribution < -0.4 is 0 Å². The second-order valence-corrected chi connectivity index (χ2v) is 2.95. The number of hydroxylamine groups is 2. The lowest BCUT2D eigenvalue weighted by molar-refractivity contribution is -0.238. The zero-order valence-corrected chi connectivity index (χ0v) is 7.30. The summed E-state index contributed by atoms with van der Waals surface area (Å²) in [5.74, 6) is -3.07. The van der Waals surface area contributed by atoms with Crippen LogP contribution in [-0.2, 0) is 14.4 Å². The molecule has 1 aliphatic carbocycles. The Balaban J connectivity index is 2.56. The largest absolute Gasteiger partial charge is 0.493 e. The van der Waals surface area contributed by atoms with Crippen molar-refractivity contribution in [3.63, 3.8) is 0 Å². The van der Waals surface area contributed by atoms with Gasteiger partial charge in [-0.25, -0.2) is 4.79 Å². The second-order valence-electron chi connectivity index (χ2n) is 2.95. The fourth-order valence-electron chi connectivity index (χ4n) is 0.846. The van der Waals surface area contributed by atoms with E-state index < -0.39 is 24.1 Å². The first-order valence-corrected chi connectivity index (χ1v) is 3.91. The van der Waals surface area contributed by atoms with Crippen molar-refractivity contribution in [3.8, 4) is 0 Å². The summed E-state index contributed by atoms with van der Waals surface area (Å²) in [6.07, 6.45) is -3.95. The Morgan fingerprint density at radius 2 is 1.86 bits per heavy atom. The highest BCUT2D eigenvalue weighted by molar-refractivity contribution is 5.79. The Bertz CT molecular complexity index is 259. The zero-order valence-electron chi connectivity index (χ0n) is 7.30. The van der Waals surface area contributed by atoms with Gasteiger partial charge in [0.1, 0.15) is 0 Å². The van der Waals surface area contributed by atoms with Crippen molar-refractivity contribution in [1.29, 1.82) is 0 Å². The molecule has 0 aromatic rings. The zero-order chi connectivity index (χ0) is 10.9. The third kappa shape index (κ3) is 2.61. The molecule has 0 spiro atoms. The van der Waals surface area contributed by atoms with Gasteiger partial charge in [-0.2, -0.15) is 18.2 Å². The molecule has 0 aliphatic heterocycles. The number of nitrogens with zero attached hydrogens (tertiary/aromatic N) is 1. The normalized spacial score (nSPS) is 16.3. The van der Waals surface area contributed by atoms with E-state index in [2.05, 4.69) is 4.84 Å². The van der Waals surface area contributed by atoms with Gasteiger partial charge < -0.3 is 4.84 Å². The van der Waals surface area contributed by atoms with Crippen molar-refractivity contribution < 1.29 is 27.6 Å². The van der Waals surface area contributed by atoms with Gasteiger partial charge in [0, 0.05) is 6.92 Å². The molecule has 0 unspecified atom stereocenters. The van der Waals surface area contributed by atoms with Crippen LogP contribution in [0.5, 0.6) is 0 Å². The SMILES string of the molecule is CC(=O)N(OC(=O)C(F)(F)F)C1CC1. The van der Waals surface area contributed by atoms with Crippen molar-refractivity contribution >= 4 is 11.9 Å². The molecule has 0 atom stereocenters. The van der Waals surface area contributed by atoms with E-state index in [1.165, 1.54) is 0 Å². The fourth-order valence-corrected chi connectivity index (χ4v) is 0.846. The van der Waals surface area contributed by atoms with E-state index in [1.807, 2.05) is 0 Å². The summed E-state index contributed by atoms with van der Waals surface area (Å²) in [5.41, 5.74) is 0. The molecule has 1 rings (SSSR count). The molecule has 0 aromatic carbocycles. The maximum atomic E-state index is 11.7. The highest BCUT2D eigenvalue weighted by Gasteiger charge is 2.45. The minimum Gasteiger partial charge on any atom is -0.329 e. The number of alkyl halides is 3. The fraction of sp³-hybridized carbons (Fsp3) is 0.714. The number of carbonyl (C=O) groups is 2. The molecule has 1 amide bonds. The number of carbonyl (C=O) groups excluding carboxylic acids is 2. The predicted octanol–water partition coefficient (Wildman–Crippen LogP) is 1.02. The van der Waals surface area contributed by atoms with E-state index in [0.717, 1.165) is 6.92 Å². The second kappa shape index (κ2) is 3.47. The van der Waals surface area contributed by atoms with Crippen molar-refractivity contribution in [3.05, 3.63) is 0 Å². The van der Waals surface area contributed by atoms with Crippen LogP contribution in [0.4, 0.5) is 13.2 Å². The van der Waals surface area contributed by atoms with Gasteiger partial charge in [-0.3, -0.25) is 4.79 Å². The van der Waals surface area contributed by atoms with Gasteiger partial charge in [0.15, 0.2) is 0 Å². The van der Waals surface area contributed by atoms with Gasteiger partial charge >= 0.3 is 12.1 Å². The van der Waals surface area contributed by atoms with Crippen LogP contribution in [0.1, 0.15) is 19.8 Å². The summed E-state index contributed by atoms with van der Waals surface area (Å²) in [7, 11) is 0. The lowest BCUT2D eigenvalue weighted by Crippen LogP contribution is -2.38. The standard InChI is InChI=1S/C7H8F3NO3/c1-4(12)11(5-2-3-5)14-6(13)7(8,9)10/h5H,2-3H2,1H3. The average Bonchev–Trinajstić information content (AvgIpc) is 2.79. The number of rotatable bonds is 1. The summed E-state index contributed by atoms with van der Waals surface area (Å²) in [6, 6.07) is -0.390. The third-order valence-electron chi connectivity index (χ3n) is 1.60. The van der Waals surface area contributed by atoms with Crippen LogP contribution in [-0.4, -0.2) is 29.2 Å². The quantitative estimate of drug-likeness (QED) is 0.608. The van der Waals surface area contributed by atoms with Crippen molar-refractivity contribution in [1.82, 2.24) is 5.06 Å².